The number of allylic oxidation sites excluding steroid dienone is 12. The Morgan fingerprint density at radius 1 is 0.296 bits per heavy atom. The van der Waals surface area contributed by atoms with E-state index >= 15 is 0 Å². The lowest BCUT2D eigenvalue weighted by atomic mass is 10.0. The summed E-state index contributed by atoms with van der Waals surface area (Å²) in [6.07, 6.45) is 76.3. The first-order valence-electron chi connectivity index (χ1n) is 30.4. The van der Waals surface area contributed by atoms with Crippen LogP contribution in [0.3, 0.4) is 0 Å². The van der Waals surface area contributed by atoms with Crippen molar-refractivity contribution in [3.63, 3.8) is 0 Å². The Bertz CT molecular complexity index is 1320. The molecule has 0 saturated heterocycles. The lowest BCUT2D eigenvalue weighted by Gasteiger charge is -2.18. The SMILES string of the molecule is CC/C=C\C/C=C\C/C=C\C/C=C\CCC(=O)OCC(COC(=O)CCCCCCCCCCCCCCCCCCCCCCC)OC(=O)CCCCCCCCCCC/C=C\C/C=C\CCCCC. The molecule has 0 aliphatic carbocycles. The third-order valence-electron chi connectivity index (χ3n) is 13.2. The summed E-state index contributed by atoms with van der Waals surface area (Å²) >= 11 is 0. The van der Waals surface area contributed by atoms with Crippen LogP contribution in [-0.2, 0) is 28.6 Å². The average Bonchev–Trinajstić information content (AvgIpc) is 3.37. The molecule has 410 valence electrons. The highest BCUT2D eigenvalue weighted by Gasteiger charge is 2.19. The average molecular weight is 992 g/mol. The molecule has 0 fully saturated rings. The zero-order valence-electron chi connectivity index (χ0n) is 47.0. The number of hydrogen-bond acceptors (Lipinski definition) is 6. The lowest BCUT2D eigenvalue weighted by molar-refractivity contribution is -0.166. The molecular formula is C65H114O6. The molecule has 0 aliphatic heterocycles. The fraction of sp³-hybridized carbons (Fsp3) is 0.769. The van der Waals surface area contributed by atoms with Crippen LogP contribution in [-0.4, -0.2) is 37.2 Å². The summed E-state index contributed by atoms with van der Waals surface area (Å²) < 4.78 is 16.8. The van der Waals surface area contributed by atoms with E-state index in [1.165, 1.54) is 186 Å². The van der Waals surface area contributed by atoms with Gasteiger partial charge < -0.3 is 14.2 Å². The molecule has 0 aromatic heterocycles. The molecule has 0 saturated carbocycles. The summed E-state index contributed by atoms with van der Waals surface area (Å²) in [5, 5.41) is 0. The van der Waals surface area contributed by atoms with Crippen LogP contribution in [0.1, 0.15) is 303 Å². The third kappa shape index (κ3) is 57.6. The molecule has 1 atom stereocenters. The van der Waals surface area contributed by atoms with Gasteiger partial charge in [-0.2, -0.15) is 0 Å². The van der Waals surface area contributed by atoms with Gasteiger partial charge in [-0.05, 0) is 77.0 Å². The molecule has 0 spiro atoms. The van der Waals surface area contributed by atoms with Crippen molar-refractivity contribution in [1.82, 2.24) is 0 Å². The van der Waals surface area contributed by atoms with E-state index in [2.05, 4.69) is 87.6 Å². The van der Waals surface area contributed by atoms with Crippen LogP contribution >= 0.6 is 0 Å². The zero-order chi connectivity index (χ0) is 51.4. The van der Waals surface area contributed by atoms with Gasteiger partial charge in [-0.1, -0.05) is 280 Å². The van der Waals surface area contributed by atoms with Crippen LogP contribution in [0.25, 0.3) is 0 Å². The van der Waals surface area contributed by atoms with E-state index in [0.717, 1.165) is 70.6 Å². The second-order valence-electron chi connectivity index (χ2n) is 20.2. The molecule has 0 aliphatic rings. The highest BCUT2D eigenvalue weighted by Crippen LogP contribution is 2.17. The predicted molar refractivity (Wildman–Crippen MR) is 307 cm³/mol. The monoisotopic (exact) mass is 991 g/mol. The third-order valence-corrected chi connectivity index (χ3v) is 13.2. The fourth-order valence-electron chi connectivity index (χ4n) is 8.67. The Balaban J connectivity index is 4.36. The Morgan fingerprint density at radius 3 is 0.972 bits per heavy atom. The van der Waals surface area contributed by atoms with Gasteiger partial charge in [-0.25, -0.2) is 0 Å². The minimum absolute atomic E-state index is 0.0964. The maximum Gasteiger partial charge on any atom is 0.306 e. The molecule has 6 heteroatoms. The number of esters is 3. The highest BCUT2D eigenvalue weighted by molar-refractivity contribution is 5.71. The molecule has 0 bridgehead atoms. The van der Waals surface area contributed by atoms with Gasteiger partial charge in [0.1, 0.15) is 13.2 Å². The summed E-state index contributed by atoms with van der Waals surface area (Å²) in [5.41, 5.74) is 0. The highest BCUT2D eigenvalue weighted by atomic mass is 16.6. The molecule has 71 heavy (non-hydrogen) atoms. The van der Waals surface area contributed by atoms with Crippen LogP contribution in [0.4, 0.5) is 0 Å². The Hall–Kier alpha value is -3.15. The fourth-order valence-corrected chi connectivity index (χ4v) is 8.67. The van der Waals surface area contributed by atoms with Gasteiger partial charge >= 0.3 is 17.9 Å². The first-order chi connectivity index (χ1) is 35.0. The second kappa shape index (κ2) is 59.4. The van der Waals surface area contributed by atoms with Crippen LogP contribution in [0.5, 0.6) is 0 Å². The molecule has 0 N–H and O–H groups in total. The van der Waals surface area contributed by atoms with Crippen molar-refractivity contribution in [3.05, 3.63) is 72.9 Å². The molecule has 0 amide bonds. The van der Waals surface area contributed by atoms with Crippen molar-refractivity contribution < 1.29 is 28.6 Å². The standard InChI is InChI=1S/C65H114O6/c1-4-7-10-13-16-19-22-25-27-29-31-32-34-35-37-40-43-46-49-52-55-58-64(67)70-61-62(60-69-63(66)57-54-51-48-45-42-39-24-21-18-15-12-9-6-3)71-65(68)59-56-53-50-47-44-41-38-36-33-30-28-26-23-20-17-14-11-8-5-2/h9,12,17-18,20-21,26,28,39,42,48,51,62H,4-8,10-11,13-16,19,22-25,27,29-38,40-41,43-47,49-50,52-61H2,1-3H3/b12-9-,20-17-,21-18-,28-26-,42-39-,51-48-. The van der Waals surface area contributed by atoms with Gasteiger partial charge in [0.2, 0.25) is 0 Å². The first kappa shape index (κ1) is 67.8. The van der Waals surface area contributed by atoms with Gasteiger partial charge in [0.15, 0.2) is 6.10 Å². The summed E-state index contributed by atoms with van der Waals surface area (Å²) in [6, 6.07) is 0. The van der Waals surface area contributed by atoms with Crippen molar-refractivity contribution in [2.45, 2.75) is 309 Å². The predicted octanol–water partition coefficient (Wildman–Crippen LogP) is 20.5. The molecule has 6 nitrogen and oxygen atoms in total. The smallest absolute Gasteiger partial charge is 0.306 e. The van der Waals surface area contributed by atoms with Gasteiger partial charge in [-0.15, -0.1) is 0 Å². The van der Waals surface area contributed by atoms with E-state index in [4.69, 9.17) is 14.2 Å². The second-order valence-corrected chi connectivity index (χ2v) is 20.2. The van der Waals surface area contributed by atoms with E-state index in [-0.39, 0.29) is 37.5 Å². The lowest BCUT2D eigenvalue weighted by Crippen LogP contribution is -2.30. The number of rotatable bonds is 55. The van der Waals surface area contributed by atoms with E-state index in [1.807, 2.05) is 6.08 Å². The quantitative estimate of drug-likeness (QED) is 0.0261. The van der Waals surface area contributed by atoms with Crippen LogP contribution in [0.2, 0.25) is 0 Å². The molecule has 0 rings (SSSR count). The van der Waals surface area contributed by atoms with Crippen LogP contribution < -0.4 is 0 Å². The summed E-state index contributed by atoms with van der Waals surface area (Å²) in [4.78, 5) is 38.2. The number of hydrogen-bond donors (Lipinski definition) is 0. The molecule has 0 radical (unpaired) electrons. The van der Waals surface area contributed by atoms with Crippen molar-refractivity contribution in [2.24, 2.45) is 0 Å². The van der Waals surface area contributed by atoms with E-state index < -0.39 is 6.10 Å². The largest absolute Gasteiger partial charge is 0.462 e. The normalized spacial score (nSPS) is 12.5. The maximum atomic E-state index is 12.9. The van der Waals surface area contributed by atoms with Gasteiger partial charge in [0.05, 0.1) is 0 Å². The van der Waals surface area contributed by atoms with Gasteiger partial charge in [0, 0.05) is 19.3 Å². The molecule has 1 unspecified atom stereocenters. The van der Waals surface area contributed by atoms with Gasteiger partial charge in [-0.3, -0.25) is 14.4 Å². The topological polar surface area (TPSA) is 78.9 Å². The summed E-state index contributed by atoms with van der Waals surface area (Å²) in [5.74, 6) is -0.973. The molecule has 0 heterocycles. The first-order valence-corrected chi connectivity index (χ1v) is 30.4. The molecule has 0 aromatic carbocycles. The number of carbonyl (C=O) groups excluding carboxylic acids is 3. The van der Waals surface area contributed by atoms with Crippen LogP contribution in [0.15, 0.2) is 72.9 Å². The summed E-state index contributed by atoms with van der Waals surface area (Å²) in [6.45, 7) is 6.47. The Morgan fingerprint density at radius 2 is 0.577 bits per heavy atom. The van der Waals surface area contributed by atoms with E-state index in [0.29, 0.717) is 19.3 Å². The van der Waals surface area contributed by atoms with Crippen molar-refractivity contribution in [3.8, 4) is 0 Å². The van der Waals surface area contributed by atoms with Crippen LogP contribution in [0, 0.1) is 0 Å². The van der Waals surface area contributed by atoms with E-state index in [9.17, 15) is 14.4 Å². The minimum Gasteiger partial charge on any atom is -0.462 e. The van der Waals surface area contributed by atoms with Gasteiger partial charge in [0.25, 0.3) is 0 Å². The minimum atomic E-state index is -0.805. The Labute approximate surface area is 440 Å². The Kier molecular flexibility index (Phi) is 56.8. The molecule has 0 aromatic rings. The zero-order valence-corrected chi connectivity index (χ0v) is 47.0. The van der Waals surface area contributed by atoms with E-state index in [1.54, 1.807) is 0 Å². The van der Waals surface area contributed by atoms with Crippen molar-refractivity contribution >= 4 is 17.9 Å². The summed E-state index contributed by atoms with van der Waals surface area (Å²) in [7, 11) is 0. The molecular weight excluding hydrogens is 877 g/mol. The van der Waals surface area contributed by atoms with Crippen molar-refractivity contribution in [2.75, 3.05) is 13.2 Å². The number of unbranched alkanes of at least 4 members (excludes halogenated alkanes) is 32. The maximum absolute atomic E-state index is 12.9. The number of carbonyl (C=O) groups is 3. The van der Waals surface area contributed by atoms with Crippen molar-refractivity contribution in [1.29, 1.82) is 0 Å². The number of ether oxygens (including phenoxy) is 3.